The third kappa shape index (κ3) is 9.01. The quantitative estimate of drug-likeness (QED) is 0.173. The van der Waals surface area contributed by atoms with E-state index < -0.39 is 28.8 Å². The normalized spacial score (nSPS) is 16.6. The molecule has 1 aliphatic rings. The minimum absolute atomic E-state index is 0.218. The zero-order valence-corrected chi connectivity index (χ0v) is 25.8. The third-order valence-corrected chi connectivity index (χ3v) is 9.24. The molecule has 3 aromatic rings. The van der Waals surface area contributed by atoms with E-state index >= 15 is 0 Å². The average Bonchev–Trinajstić information content (AvgIpc) is 3.00. The van der Waals surface area contributed by atoms with Crippen LogP contribution in [-0.4, -0.2) is 71.9 Å². The first-order valence-electron chi connectivity index (χ1n) is 14.5. The number of methoxy groups -OCH3 is 2. The molecule has 1 amide bonds. The molecule has 2 atom stereocenters. The van der Waals surface area contributed by atoms with Crippen LogP contribution in [0.15, 0.2) is 66.7 Å². The van der Waals surface area contributed by atoms with Crippen molar-refractivity contribution >= 4 is 22.4 Å². The van der Waals surface area contributed by atoms with Gasteiger partial charge in [-0.25, -0.2) is 0 Å². The van der Waals surface area contributed by atoms with Crippen molar-refractivity contribution in [1.29, 1.82) is 0 Å². The first-order valence-corrected chi connectivity index (χ1v) is 16.2. The lowest BCUT2D eigenvalue weighted by Crippen LogP contribution is -2.48. The molecule has 10 nitrogen and oxygen atoms in total. The number of benzene rings is 3. The van der Waals surface area contributed by atoms with Crippen molar-refractivity contribution in [3.63, 3.8) is 0 Å². The molecule has 5 N–H and O–H groups in total. The molecular weight excluding hydrogens is 570 g/mol. The molecule has 234 valence electrons. The Morgan fingerprint density at radius 2 is 1.67 bits per heavy atom. The molecule has 43 heavy (non-hydrogen) atoms. The summed E-state index contributed by atoms with van der Waals surface area (Å²) in [5.41, 5.74) is 2.72. The third-order valence-electron chi connectivity index (χ3n) is 7.31. The van der Waals surface area contributed by atoms with Crippen LogP contribution >= 0.6 is 10.8 Å². The number of aliphatic hydroxyl groups is 1. The van der Waals surface area contributed by atoms with Crippen LogP contribution in [0.3, 0.4) is 0 Å². The number of hydrogen-bond donors (Lipinski definition) is 5. The van der Waals surface area contributed by atoms with Crippen molar-refractivity contribution < 1.29 is 33.2 Å². The fourth-order valence-electron chi connectivity index (χ4n) is 5.09. The monoisotopic (exact) mass is 613 g/mol. The van der Waals surface area contributed by atoms with Crippen molar-refractivity contribution in [3.05, 3.63) is 83.4 Å². The molecule has 0 aromatic heterocycles. The van der Waals surface area contributed by atoms with E-state index in [1.54, 1.807) is 42.8 Å². The summed E-state index contributed by atoms with van der Waals surface area (Å²) < 4.78 is 39.4. The Bertz CT molecular complexity index is 1320. The number of ether oxygens (including phenoxy) is 3. The maximum Gasteiger partial charge on any atom is 0.251 e. The Morgan fingerprint density at radius 3 is 2.33 bits per heavy atom. The minimum atomic E-state index is -2.99. The van der Waals surface area contributed by atoms with E-state index in [1.807, 2.05) is 49.4 Å². The second-order valence-electron chi connectivity index (χ2n) is 10.5. The average molecular weight is 614 g/mol. The standard InChI is InChI=1S/C32H43N3O7S/c1-4-42-29-18-25(17-26(19-29)35-12-8-9-13-43(35,38)39)32(37)34-30(16-23-10-6-5-7-11-23)31(36)22-33-21-24-14-27(40-2)20-28(15-24)41-3/h5-7,10-11,14-15,17-20,30-31,33,36,38-39H,4,8-9,12-13,16,21-22H2,1-3H3,(H,34,37)/t30-,31-/m0/s1. The van der Waals surface area contributed by atoms with Gasteiger partial charge < -0.3 is 30.0 Å². The van der Waals surface area contributed by atoms with E-state index in [0.717, 1.165) is 24.0 Å². The van der Waals surface area contributed by atoms with Crippen molar-refractivity contribution in [2.75, 3.05) is 44.0 Å². The van der Waals surface area contributed by atoms with Gasteiger partial charge in [-0.2, -0.15) is 0 Å². The summed E-state index contributed by atoms with van der Waals surface area (Å²) in [4.78, 5) is 13.7. The van der Waals surface area contributed by atoms with Gasteiger partial charge in [0.1, 0.15) is 17.2 Å². The highest BCUT2D eigenvalue weighted by Crippen LogP contribution is 2.50. The minimum Gasteiger partial charge on any atom is -0.497 e. The molecule has 0 aliphatic carbocycles. The van der Waals surface area contributed by atoms with Gasteiger partial charge in [-0.1, -0.05) is 30.3 Å². The molecule has 1 fully saturated rings. The second kappa shape index (κ2) is 15.3. The van der Waals surface area contributed by atoms with Gasteiger partial charge in [-0.15, -0.1) is 10.8 Å². The van der Waals surface area contributed by atoms with Gasteiger partial charge >= 0.3 is 0 Å². The van der Waals surface area contributed by atoms with E-state index in [2.05, 4.69) is 10.6 Å². The van der Waals surface area contributed by atoms with Crippen LogP contribution in [-0.2, 0) is 13.0 Å². The largest absolute Gasteiger partial charge is 0.497 e. The lowest BCUT2D eigenvalue weighted by atomic mass is 10.00. The molecule has 1 saturated heterocycles. The maximum absolute atomic E-state index is 13.7. The van der Waals surface area contributed by atoms with Gasteiger partial charge in [0.15, 0.2) is 0 Å². The summed E-state index contributed by atoms with van der Waals surface area (Å²) in [6, 6.07) is 19.7. The van der Waals surface area contributed by atoms with Crippen molar-refractivity contribution in [2.24, 2.45) is 0 Å². The van der Waals surface area contributed by atoms with Crippen molar-refractivity contribution in [2.45, 2.75) is 44.9 Å². The Kier molecular flexibility index (Phi) is 11.5. The van der Waals surface area contributed by atoms with E-state index in [9.17, 15) is 19.0 Å². The molecule has 11 heteroatoms. The number of nitrogens with one attached hydrogen (secondary N) is 2. The zero-order chi connectivity index (χ0) is 30.8. The zero-order valence-electron chi connectivity index (χ0n) is 25.0. The summed E-state index contributed by atoms with van der Waals surface area (Å²) in [6.45, 7) is 3.39. The topological polar surface area (TPSA) is 133 Å². The molecule has 0 saturated carbocycles. The van der Waals surface area contributed by atoms with Gasteiger partial charge in [0.2, 0.25) is 0 Å². The van der Waals surface area contributed by atoms with E-state index in [1.165, 1.54) is 0 Å². The van der Waals surface area contributed by atoms with Crippen LogP contribution in [0.4, 0.5) is 5.69 Å². The molecule has 0 unspecified atom stereocenters. The summed E-state index contributed by atoms with van der Waals surface area (Å²) in [5, 5.41) is 17.6. The number of carbonyl (C=O) groups excluding carboxylic acids is 1. The van der Waals surface area contributed by atoms with Crippen LogP contribution in [0.1, 0.15) is 41.3 Å². The van der Waals surface area contributed by atoms with Gasteiger partial charge in [-0.3, -0.25) is 18.2 Å². The summed E-state index contributed by atoms with van der Waals surface area (Å²) in [6.07, 6.45) is 1.04. The highest BCUT2D eigenvalue weighted by molar-refractivity contribution is 8.25. The summed E-state index contributed by atoms with van der Waals surface area (Å²) in [7, 11) is 0.201. The van der Waals surface area contributed by atoms with Gasteiger partial charge in [0, 0.05) is 37.3 Å². The fourth-order valence-corrected chi connectivity index (χ4v) is 6.77. The number of amides is 1. The van der Waals surface area contributed by atoms with Crippen LogP contribution in [0.2, 0.25) is 0 Å². The molecule has 1 aliphatic heterocycles. The smallest absolute Gasteiger partial charge is 0.251 e. The predicted octanol–water partition coefficient (Wildman–Crippen LogP) is 4.86. The first-order chi connectivity index (χ1) is 20.7. The maximum atomic E-state index is 13.7. The van der Waals surface area contributed by atoms with Gasteiger partial charge in [0.05, 0.1) is 44.4 Å². The molecule has 4 rings (SSSR count). The van der Waals surface area contributed by atoms with E-state index in [4.69, 9.17) is 14.2 Å². The summed E-state index contributed by atoms with van der Waals surface area (Å²) >= 11 is 0. The van der Waals surface area contributed by atoms with Crippen molar-refractivity contribution in [3.8, 4) is 17.2 Å². The predicted molar refractivity (Wildman–Crippen MR) is 171 cm³/mol. The molecule has 1 heterocycles. The van der Waals surface area contributed by atoms with E-state index in [0.29, 0.717) is 54.6 Å². The van der Waals surface area contributed by atoms with Crippen molar-refractivity contribution in [1.82, 2.24) is 10.6 Å². The second-order valence-corrected chi connectivity index (χ2v) is 12.6. The number of anilines is 1. The highest BCUT2D eigenvalue weighted by Gasteiger charge is 2.29. The number of rotatable bonds is 14. The SMILES string of the molecule is CCOc1cc(C(=O)N[C@@H](Cc2ccccc2)[C@@H](O)CNCc2cc(OC)cc(OC)c2)cc(N2CCCCS2(O)O)c1. The first kappa shape index (κ1) is 32.4. The molecule has 0 bridgehead atoms. The number of hydrogen-bond acceptors (Lipinski definition) is 9. The molecule has 3 aromatic carbocycles. The van der Waals surface area contributed by atoms with Crippen LogP contribution in [0, 0.1) is 0 Å². The van der Waals surface area contributed by atoms with Gasteiger partial charge in [-0.05, 0) is 61.6 Å². The highest BCUT2D eigenvalue weighted by atomic mass is 32.3. The Morgan fingerprint density at radius 1 is 0.953 bits per heavy atom. The molecule has 0 spiro atoms. The van der Waals surface area contributed by atoms with Crippen LogP contribution < -0.4 is 29.1 Å². The lowest BCUT2D eigenvalue weighted by molar-refractivity contribution is 0.0829. The lowest BCUT2D eigenvalue weighted by Gasteiger charge is -2.47. The van der Waals surface area contributed by atoms with Crippen LogP contribution in [0.25, 0.3) is 0 Å². The molecule has 0 radical (unpaired) electrons. The van der Waals surface area contributed by atoms with E-state index in [-0.39, 0.29) is 12.3 Å². The Labute approximate surface area is 255 Å². The van der Waals surface area contributed by atoms with Gasteiger partial charge in [0.25, 0.3) is 5.91 Å². The summed E-state index contributed by atoms with van der Waals surface area (Å²) in [5.74, 6) is 1.69. The van der Waals surface area contributed by atoms with Crippen LogP contribution in [0.5, 0.6) is 17.2 Å². The number of carbonyl (C=O) groups is 1. The Hall–Kier alpha value is -3.48. The number of nitrogens with zero attached hydrogens (tertiary/aromatic N) is 1. The fraction of sp³-hybridized carbons (Fsp3) is 0.406. The number of aliphatic hydroxyl groups excluding tert-OH is 1. The Balaban J connectivity index is 1.52. The molecular formula is C32H43N3O7S.